The number of fused-ring (bicyclic) bond motifs is 3. The van der Waals surface area contributed by atoms with E-state index < -0.39 is 5.97 Å². The second-order valence-corrected chi connectivity index (χ2v) is 11.6. The first-order valence-corrected chi connectivity index (χ1v) is 14.5. The summed E-state index contributed by atoms with van der Waals surface area (Å²) < 4.78 is 6.31. The summed E-state index contributed by atoms with van der Waals surface area (Å²) in [5, 5.41) is 19.0. The molecule has 2 fully saturated rings. The lowest BCUT2D eigenvalue weighted by Gasteiger charge is -2.30. The lowest BCUT2D eigenvalue weighted by molar-refractivity contribution is -0.141. The van der Waals surface area contributed by atoms with Crippen molar-refractivity contribution in [3.8, 4) is 5.75 Å². The van der Waals surface area contributed by atoms with Gasteiger partial charge in [0, 0.05) is 18.9 Å². The fourth-order valence-corrected chi connectivity index (χ4v) is 6.85. The second kappa shape index (κ2) is 12.5. The van der Waals surface area contributed by atoms with Gasteiger partial charge in [0.1, 0.15) is 5.75 Å². The van der Waals surface area contributed by atoms with Crippen LogP contribution in [0.15, 0.2) is 28.9 Å². The molecule has 2 amide bonds. The van der Waals surface area contributed by atoms with Crippen LogP contribution in [0.1, 0.15) is 88.3 Å². The minimum atomic E-state index is -0.818. The van der Waals surface area contributed by atoms with Crippen molar-refractivity contribution in [2.24, 2.45) is 17.8 Å². The normalized spacial score (nSPS) is 24.9. The average Bonchev–Trinajstić information content (AvgIpc) is 3.40. The lowest BCUT2D eigenvalue weighted by atomic mass is 9.70. The Morgan fingerprint density at radius 2 is 1.74 bits per heavy atom. The van der Waals surface area contributed by atoms with Crippen LogP contribution in [0, 0.1) is 31.6 Å². The van der Waals surface area contributed by atoms with Gasteiger partial charge >= 0.3 is 5.97 Å². The van der Waals surface area contributed by atoms with E-state index >= 15 is 0 Å². The molecule has 212 valence electrons. The SMILES string of the molecule is CCC/C(=C\c1cc(C)c(O)c(C)c1)CC[C@H]1OC[C@H]2C1=C(C)C[C@H]1C(=O)N(CCCCCC(=O)O)C(=O)[C@H]12. The number of benzene rings is 1. The molecule has 3 aliphatic rings. The van der Waals surface area contributed by atoms with Crippen LogP contribution in [0.3, 0.4) is 0 Å². The number of imide groups is 1. The summed E-state index contributed by atoms with van der Waals surface area (Å²) in [6, 6.07) is 4.04. The van der Waals surface area contributed by atoms with E-state index in [0.29, 0.717) is 44.6 Å². The smallest absolute Gasteiger partial charge is 0.303 e. The van der Waals surface area contributed by atoms with Gasteiger partial charge in [-0.25, -0.2) is 0 Å². The summed E-state index contributed by atoms with van der Waals surface area (Å²) in [7, 11) is 0. The fraction of sp³-hybridized carbons (Fsp3) is 0.594. The molecule has 7 nitrogen and oxygen atoms in total. The van der Waals surface area contributed by atoms with Crippen LogP contribution in [-0.4, -0.2) is 52.2 Å². The Bertz CT molecular complexity index is 1160. The largest absolute Gasteiger partial charge is 0.507 e. The number of carboxylic acid groups (broad SMARTS) is 1. The average molecular weight is 538 g/mol. The minimum absolute atomic E-state index is 0.0348. The molecule has 0 radical (unpaired) electrons. The van der Waals surface area contributed by atoms with Gasteiger partial charge in [0.05, 0.1) is 24.5 Å². The highest BCUT2D eigenvalue weighted by atomic mass is 16.5. The van der Waals surface area contributed by atoms with Gasteiger partial charge in [0.25, 0.3) is 0 Å². The summed E-state index contributed by atoms with van der Waals surface area (Å²) >= 11 is 0. The molecule has 1 aromatic rings. The standard InChI is InChI=1S/C32H43NO6/c1-5-9-22(17-23-14-20(3)30(36)21(4)15-23)11-12-26-28-19(2)16-24-29(25(28)18-39-26)32(38)33(31(24)37)13-8-6-7-10-27(34)35/h14-15,17,24-26,29,36H,5-13,16,18H2,1-4H3,(H,34,35)/b22-17+/t24-,25+,26-,29-/m1/s1. The molecule has 4 atom stereocenters. The molecule has 1 aliphatic carbocycles. The van der Waals surface area contributed by atoms with Gasteiger partial charge in [0.15, 0.2) is 0 Å². The van der Waals surface area contributed by atoms with E-state index in [1.54, 1.807) is 0 Å². The van der Waals surface area contributed by atoms with E-state index in [4.69, 9.17) is 9.84 Å². The number of unbranched alkanes of at least 4 members (excludes halogenated alkanes) is 2. The van der Waals surface area contributed by atoms with Gasteiger partial charge in [-0.2, -0.15) is 0 Å². The molecule has 0 saturated carbocycles. The van der Waals surface area contributed by atoms with E-state index in [9.17, 15) is 19.5 Å². The zero-order valence-corrected chi connectivity index (χ0v) is 23.8. The zero-order valence-electron chi connectivity index (χ0n) is 23.8. The van der Waals surface area contributed by atoms with Crippen LogP contribution in [0.5, 0.6) is 5.75 Å². The third-order valence-electron chi connectivity index (χ3n) is 8.70. The van der Waals surface area contributed by atoms with Crippen LogP contribution in [-0.2, 0) is 19.1 Å². The number of phenols is 1. The van der Waals surface area contributed by atoms with Gasteiger partial charge < -0.3 is 14.9 Å². The second-order valence-electron chi connectivity index (χ2n) is 11.6. The number of aryl methyl sites for hydroxylation is 2. The van der Waals surface area contributed by atoms with Gasteiger partial charge in [-0.15, -0.1) is 0 Å². The summed E-state index contributed by atoms with van der Waals surface area (Å²) in [6.07, 6.45) is 8.59. The maximum absolute atomic E-state index is 13.4. The van der Waals surface area contributed by atoms with Gasteiger partial charge in [-0.1, -0.05) is 37.0 Å². The third-order valence-corrected chi connectivity index (χ3v) is 8.70. The molecule has 4 rings (SSSR count). The molecule has 7 heteroatoms. The number of hydrogen-bond acceptors (Lipinski definition) is 5. The van der Waals surface area contributed by atoms with Crippen molar-refractivity contribution in [3.63, 3.8) is 0 Å². The maximum Gasteiger partial charge on any atom is 0.303 e. The van der Waals surface area contributed by atoms with Gasteiger partial charge in [-0.05, 0) is 93.7 Å². The van der Waals surface area contributed by atoms with Crippen molar-refractivity contribution in [1.82, 2.24) is 4.90 Å². The molecule has 2 aliphatic heterocycles. The van der Waals surface area contributed by atoms with Crippen LogP contribution < -0.4 is 0 Å². The van der Waals surface area contributed by atoms with Crippen molar-refractivity contribution in [3.05, 3.63) is 45.5 Å². The van der Waals surface area contributed by atoms with E-state index in [1.807, 2.05) is 26.0 Å². The topological polar surface area (TPSA) is 104 Å². The summed E-state index contributed by atoms with van der Waals surface area (Å²) in [5.41, 5.74) is 6.63. The highest BCUT2D eigenvalue weighted by Gasteiger charge is 2.56. The molecule has 0 aromatic heterocycles. The summed E-state index contributed by atoms with van der Waals surface area (Å²) in [4.78, 5) is 38.8. The van der Waals surface area contributed by atoms with Crippen molar-refractivity contribution < 1.29 is 29.3 Å². The molecule has 2 saturated heterocycles. The van der Waals surface area contributed by atoms with Gasteiger partial charge in [-0.3, -0.25) is 19.3 Å². The molecular weight excluding hydrogens is 494 g/mol. The lowest BCUT2D eigenvalue weighted by Crippen LogP contribution is -2.34. The number of nitrogens with zero attached hydrogens (tertiary/aromatic N) is 1. The number of carbonyl (C=O) groups is 3. The maximum atomic E-state index is 13.4. The van der Waals surface area contributed by atoms with Crippen LogP contribution >= 0.6 is 0 Å². The Balaban J connectivity index is 1.42. The van der Waals surface area contributed by atoms with Crippen LogP contribution in [0.2, 0.25) is 0 Å². The number of phenolic OH excluding ortho intramolecular Hbond substituents is 1. The van der Waals surface area contributed by atoms with Crippen molar-refractivity contribution in [1.29, 1.82) is 0 Å². The molecule has 2 N–H and O–H groups in total. The molecule has 0 spiro atoms. The highest BCUT2D eigenvalue weighted by molar-refractivity contribution is 6.05. The number of aliphatic carboxylic acids is 1. The third kappa shape index (κ3) is 6.29. The van der Waals surface area contributed by atoms with E-state index in [2.05, 4.69) is 19.9 Å². The number of hydrogen-bond donors (Lipinski definition) is 2. The first kappa shape index (κ1) is 29.1. The molecule has 39 heavy (non-hydrogen) atoms. The Kier molecular flexibility index (Phi) is 9.31. The Hall–Kier alpha value is -2.93. The summed E-state index contributed by atoms with van der Waals surface area (Å²) in [5.74, 6) is -1.29. The Labute approximate surface area is 231 Å². The van der Waals surface area contributed by atoms with Crippen molar-refractivity contribution in [2.75, 3.05) is 13.2 Å². The monoisotopic (exact) mass is 537 g/mol. The number of ether oxygens (including phenoxy) is 1. The Morgan fingerprint density at radius 1 is 1.03 bits per heavy atom. The van der Waals surface area contributed by atoms with E-state index in [0.717, 1.165) is 42.4 Å². The number of likely N-dealkylation sites (tertiary alicyclic amines) is 1. The number of carbonyl (C=O) groups excluding carboxylic acids is 2. The quantitative estimate of drug-likeness (QED) is 0.194. The Morgan fingerprint density at radius 3 is 2.41 bits per heavy atom. The predicted molar refractivity (Wildman–Crippen MR) is 150 cm³/mol. The number of aromatic hydroxyl groups is 1. The minimum Gasteiger partial charge on any atom is -0.507 e. The number of rotatable bonds is 12. The van der Waals surface area contributed by atoms with Crippen LogP contribution in [0.4, 0.5) is 0 Å². The summed E-state index contributed by atoms with van der Waals surface area (Å²) in [6.45, 7) is 8.97. The molecule has 1 aromatic carbocycles. The van der Waals surface area contributed by atoms with Crippen molar-refractivity contribution >= 4 is 23.9 Å². The molecular formula is C32H43NO6. The van der Waals surface area contributed by atoms with E-state index in [1.165, 1.54) is 21.6 Å². The number of amides is 2. The van der Waals surface area contributed by atoms with Crippen LogP contribution in [0.25, 0.3) is 6.08 Å². The first-order chi connectivity index (χ1) is 18.6. The van der Waals surface area contributed by atoms with Crippen molar-refractivity contribution in [2.45, 2.75) is 91.6 Å². The first-order valence-electron chi connectivity index (χ1n) is 14.5. The number of allylic oxidation sites excluding steroid dienone is 2. The molecule has 2 heterocycles. The van der Waals surface area contributed by atoms with E-state index in [-0.39, 0.29) is 42.1 Å². The predicted octanol–water partition coefficient (Wildman–Crippen LogP) is 5.95. The fourth-order valence-electron chi connectivity index (χ4n) is 6.85. The molecule has 0 bridgehead atoms. The zero-order chi connectivity index (χ0) is 28.3. The molecule has 0 unspecified atom stereocenters. The number of carboxylic acids is 1. The van der Waals surface area contributed by atoms with Gasteiger partial charge in [0.2, 0.25) is 11.8 Å². The highest BCUT2D eigenvalue weighted by Crippen LogP contribution is 2.49.